The van der Waals surface area contributed by atoms with Crippen LogP contribution in [0.2, 0.25) is 0 Å². The van der Waals surface area contributed by atoms with Crippen LogP contribution in [-0.2, 0) is 15.0 Å². The monoisotopic (exact) mass is 358 g/mol. The molecule has 5 heteroatoms. The van der Waals surface area contributed by atoms with E-state index in [0.717, 1.165) is 25.7 Å². The maximum Gasteiger partial charge on any atom is 0.253 e. The molecule has 1 aromatic carbocycles. The minimum Gasteiger partial charge on any atom is -0.378 e. The minimum absolute atomic E-state index is 0.0486. The Labute approximate surface area is 155 Å². The van der Waals surface area contributed by atoms with E-state index >= 15 is 0 Å². The zero-order valence-corrected chi connectivity index (χ0v) is 15.9. The number of benzene rings is 1. The van der Waals surface area contributed by atoms with Gasteiger partial charge in [0.1, 0.15) is 0 Å². The highest BCUT2D eigenvalue weighted by Crippen LogP contribution is 2.41. The third kappa shape index (κ3) is 3.78. The summed E-state index contributed by atoms with van der Waals surface area (Å²) in [6, 6.07) is 8.53. The Hall–Kier alpha value is -1.88. The first-order chi connectivity index (χ1) is 12.3. The van der Waals surface area contributed by atoms with Crippen molar-refractivity contribution in [2.45, 2.75) is 63.4 Å². The number of aliphatic hydroxyl groups is 1. The van der Waals surface area contributed by atoms with Crippen LogP contribution in [-0.4, -0.2) is 47.1 Å². The molecule has 142 valence electrons. The molecule has 3 rings (SSSR count). The number of carbonyl (C=O) groups excluding carboxylic acids is 2. The number of nitrogens with one attached hydrogen (secondary N) is 1. The molecule has 0 radical (unpaired) electrons. The number of amides is 2. The fourth-order valence-corrected chi connectivity index (χ4v) is 4.50. The van der Waals surface area contributed by atoms with Crippen LogP contribution < -0.4 is 5.32 Å². The van der Waals surface area contributed by atoms with E-state index in [0.29, 0.717) is 25.9 Å². The first-order valence-electron chi connectivity index (χ1n) is 9.68. The molecular formula is C21H30N2O3. The van der Waals surface area contributed by atoms with Crippen molar-refractivity contribution < 1.29 is 14.7 Å². The normalized spacial score (nSPS) is 25.1. The quantitative estimate of drug-likeness (QED) is 0.868. The smallest absolute Gasteiger partial charge is 0.253 e. The highest BCUT2D eigenvalue weighted by atomic mass is 16.3. The van der Waals surface area contributed by atoms with Crippen molar-refractivity contribution in [3.8, 4) is 0 Å². The van der Waals surface area contributed by atoms with Gasteiger partial charge < -0.3 is 15.3 Å². The van der Waals surface area contributed by atoms with Gasteiger partial charge in [0, 0.05) is 25.4 Å². The number of rotatable bonds is 4. The van der Waals surface area contributed by atoms with Gasteiger partial charge in [0.05, 0.1) is 6.54 Å². The van der Waals surface area contributed by atoms with Gasteiger partial charge in [-0.05, 0) is 38.2 Å². The van der Waals surface area contributed by atoms with Gasteiger partial charge in [-0.2, -0.15) is 0 Å². The van der Waals surface area contributed by atoms with E-state index in [1.54, 1.807) is 4.90 Å². The van der Waals surface area contributed by atoms with Crippen molar-refractivity contribution >= 4 is 11.8 Å². The lowest BCUT2D eigenvalue weighted by Gasteiger charge is -2.38. The standard InChI is InChI=1S/C21H30N2O3/c1-16-7-5-8-18(13-16)20(9-3-4-10-20)14-22-19(25)21(26)11-6-12-23(15-21)17(2)24/h5,7-8,13,26H,3-4,6,9-12,14-15H2,1-2H3,(H,22,25)/t21-/m1/s1. The number of β-amino-alcohol motifs (C(OH)–C–C–N with tert-alkyl or cyclic N) is 1. The first-order valence-corrected chi connectivity index (χ1v) is 9.68. The summed E-state index contributed by atoms with van der Waals surface area (Å²) in [4.78, 5) is 26.0. The first kappa shape index (κ1) is 18.9. The van der Waals surface area contributed by atoms with Crippen LogP contribution in [0.15, 0.2) is 24.3 Å². The van der Waals surface area contributed by atoms with Gasteiger partial charge in [-0.15, -0.1) is 0 Å². The van der Waals surface area contributed by atoms with Crippen LogP contribution >= 0.6 is 0 Å². The third-order valence-electron chi connectivity index (χ3n) is 6.12. The van der Waals surface area contributed by atoms with Crippen LogP contribution in [0.1, 0.15) is 56.6 Å². The molecule has 0 aromatic heterocycles. The van der Waals surface area contributed by atoms with E-state index in [2.05, 4.69) is 36.5 Å². The summed E-state index contributed by atoms with van der Waals surface area (Å²) >= 11 is 0. The summed E-state index contributed by atoms with van der Waals surface area (Å²) in [5.41, 5.74) is 0.975. The van der Waals surface area contributed by atoms with E-state index in [9.17, 15) is 14.7 Å². The SMILES string of the molecule is CC(=O)N1CCC[C@](O)(C(=O)NCC2(c3cccc(C)c3)CCCC2)C1. The maximum absolute atomic E-state index is 12.8. The highest BCUT2D eigenvalue weighted by molar-refractivity contribution is 5.86. The highest BCUT2D eigenvalue weighted by Gasteiger charge is 2.43. The van der Waals surface area contributed by atoms with Crippen molar-refractivity contribution in [1.82, 2.24) is 10.2 Å². The predicted octanol–water partition coefficient (Wildman–Crippen LogP) is 2.30. The fourth-order valence-electron chi connectivity index (χ4n) is 4.50. The zero-order valence-electron chi connectivity index (χ0n) is 15.9. The van der Waals surface area contributed by atoms with Gasteiger partial charge >= 0.3 is 0 Å². The van der Waals surface area contributed by atoms with Gasteiger partial charge in [0.2, 0.25) is 5.91 Å². The number of piperidine rings is 1. The van der Waals surface area contributed by atoms with E-state index in [1.165, 1.54) is 18.1 Å². The third-order valence-corrected chi connectivity index (χ3v) is 6.12. The molecule has 1 aromatic rings. The fraction of sp³-hybridized carbons (Fsp3) is 0.619. The molecule has 1 saturated carbocycles. The molecule has 5 nitrogen and oxygen atoms in total. The topological polar surface area (TPSA) is 69.6 Å². The number of hydrogen-bond donors (Lipinski definition) is 2. The predicted molar refractivity (Wildman–Crippen MR) is 101 cm³/mol. The average Bonchev–Trinajstić information content (AvgIpc) is 3.10. The minimum atomic E-state index is -1.48. The van der Waals surface area contributed by atoms with Crippen LogP contribution in [0.4, 0.5) is 0 Å². The zero-order chi connectivity index (χ0) is 18.8. The van der Waals surface area contributed by atoms with Gasteiger partial charge in [-0.3, -0.25) is 9.59 Å². The summed E-state index contributed by atoms with van der Waals surface area (Å²) in [6.45, 7) is 4.81. The van der Waals surface area contributed by atoms with E-state index in [-0.39, 0.29) is 23.8 Å². The summed E-state index contributed by atoms with van der Waals surface area (Å²) in [5.74, 6) is -0.440. The Morgan fingerprint density at radius 1 is 1.19 bits per heavy atom. The van der Waals surface area contributed by atoms with Crippen molar-refractivity contribution in [1.29, 1.82) is 0 Å². The summed E-state index contributed by atoms with van der Waals surface area (Å²) in [6.07, 6.45) is 5.47. The molecule has 0 spiro atoms. The molecule has 1 aliphatic heterocycles. The molecule has 0 bridgehead atoms. The molecule has 2 fully saturated rings. The second-order valence-corrected chi connectivity index (χ2v) is 8.12. The van der Waals surface area contributed by atoms with E-state index < -0.39 is 5.60 Å². The lowest BCUT2D eigenvalue weighted by Crippen LogP contribution is -2.59. The Bertz CT molecular complexity index is 682. The number of aryl methyl sites for hydroxylation is 1. The summed E-state index contributed by atoms with van der Waals surface area (Å²) in [5, 5.41) is 13.9. The molecular weight excluding hydrogens is 328 g/mol. The van der Waals surface area contributed by atoms with Crippen LogP contribution in [0.3, 0.4) is 0 Å². The number of nitrogens with zero attached hydrogens (tertiary/aromatic N) is 1. The Morgan fingerprint density at radius 2 is 1.92 bits per heavy atom. The van der Waals surface area contributed by atoms with E-state index in [1.807, 2.05) is 0 Å². The summed E-state index contributed by atoms with van der Waals surface area (Å²) < 4.78 is 0. The molecule has 26 heavy (non-hydrogen) atoms. The molecule has 1 aliphatic carbocycles. The lowest BCUT2D eigenvalue weighted by molar-refractivity contribution is -0.150. The number of likely N-dealkylation sites (tertiary alicyclic amines) is 1. The van der Waals surface area contributed by atoms with Gasteiger partial charge in [0.15, 0.2) is 5.60 Å². The van der Waals surface area contributed by atoms with E-state index in [4.69, 9.17) is 0 Å². The molecule has 2 N–H and O–H groups in total. The van der Waals surface area contributed by atoms with Crippen molar-refractivity contribution in [2.24, 2.45) is 0 Å². The van der Waals surface area contributed by atoms with Crippen molar-refractivity contribution in [2.75, 3.05) is 19.6 Å². The molecule has 1 saturated heterocycles. The van der Waals surface area contributed by atoms with Gasteiger partial charge in [-0.25, -0.2) is 0 Å². The van der Waals surface area contributed by atoms with Crippen LogP contribution in [0.25, 0.3) is 0 Å². The van der Waals surface area contributed by atoms with Crippen LogP contribution in [0.5, 0.6) is 0 Å². The molecule has 1 heterocycles. The van der Waals surface area contributed by atoms with Crippen molar-refractivity contribution in [3.05, 3.63) is 35.4 Å². The molecule has 0 unspecified atom stereocenters. The lowest BCUT2D eigenvalue weighted by atomic mass is 9.78. The number of hydrogen-bond acceptors (Lipinski definition) is 3. The second kappa shape index (κ2) is 7.39. The average molecular weight is 358 g/mol. The molecule has 2 amide bonds. The molecule has 1 atom stereocenters. The number of carbonyl (C=O) groups is 2. The second-order valence-electron chi connectivity index (χ2n) is 8.12. The Morgan fingerprint density at radius 3 is 2.58 bits per heavy atom. The largest absolute Gasteiger partial charge is 0.378 e. The summed E-state index contributed by atoms with van der Waals surface area (Å²) in [7, 11) is 0. The maximum atomic E-state index is 12.8. The van der Waals surface area contributed by atoms with Crippen LogP contribution in [0, 0.1) is 6.92 Å². The molecule has 2 aliphatic rings. The Balaban J connectivity index is 1.71. The van der Waals surface area contributed by atoms with Gasteiger partial charge in [-0.1, -0.05) is 42.7 Å². The Kier molecular flexibility index (Phi) is 5.37. The van der Waals surface area contributed by atoms with Crippen molar-refractivity contribution in [3.63, 3.8) is 0 Å². The van der Waals surface area contributed by atoms with Gasteiger partial charge in [0.25, 0.3) is 5.91 Å².